The number of carbonyl (C=O) groups excluding carboxylic acids is 6. The van der Waals surface area contributed by atoms with E-state index in [0.717, 1.165) is 40.5 Å². The Bertz CT molecular complexity index is 3780. The number of primary amides is 1. The molecule has 7 heterocycles. The van der Waals surface area contributed by atoms with Crippen LogP contribution in [0.1, 0.15) is 120 Å². The highest BCUT2D eigenvalue weighted by Gasteiger charge is 2.31. The Morgan fingerprint density at radius 2 is 1.41 bits per heavy atom. The Balaban J connectivity index is 1.07. The number of ether oxygens (including phenoxy) is 2. The van der Waals surface area contributed by atoms with Crippen molar-refractivity contribution in [2.75, 3.05) is 38.8 Å². The van der Waals surface area contributed by atoms with Crippen LogP contribution < -0.4 is 31.9 Å². The summed E-state index contributed by atoms with van der Waals surface area (Å²) >= 11 is 7.52. The van der Waals surface area contributed by atoms with Gasteiger partial charge in [-0.15, -0.1) is 68.0 Å². The zero-order chi connectivity index (χ0) is 62.3. The lowest BCUT2D eigenvalue weighted by atomic mass is 10.0. The molecule has 31 heteroatoms. The highest BCUT2D eigenvalue weighted by Crippen LogP contribution is 2.39. The molecule has 0 aliphatic carbocycles. The maximum Gasteiger partial charge on any atom is 0.415 e. The number of methoxy groups -OCH3 is 1. The van der Waals surface area contributed by atoms with E-state index in [2.05, 4.69) is 43.4 Å². The van der Waals surface area contributed by atoms with Gasteiger partial charge in [-0.1, -0.05) is 44.2 Å². The molecule has 0 aliphatic heterocycles. The van der Waals surface area contributed by atoms with Crippen molar-refractivity contribution >= 4 is 121 Å². The smallest absolute Gasteiger partial charge is 0.415 e. The van der Waals surface area contributed by atoms with Gasteiger partial charge in [0.1, 0.15) is 65.0 Å². The molecular formula is C56H59N13O12S6. The van der Waals surface area contributed by atoms with Gasteiger partial charge in [0.05, 0.1) is 53.8 Å². The molecule has 0 aliphatic rings. The van der Waals surface area contributed by atoms with Crippen molar-refractivity contribution in [3.8, 4) is 43.4 Å². The molecule has 8 rings (SSSR count). The molecule has 1 unspecified atom stereocenters. The number of nitrogens with one attached hydrogen (secondary N) is 4. The first kappa shape index (κ1) is 64.7. The second kappa shape index (κ2) is 30.3. The van der Waals surface area contributed by atoms with Gasteiger partial charge in [0, 0.05) is 71.9 Å². The minimum atomic E-state index is -1.05. The van der Waals surface area contributed by atoms with Crippen LogP contribution in [0.3, 0.4) is 0 Å². The van der Waals surface area contributed by atoms with Crippen molar-refractivity contribution in [1.29, 1.82) is 0 Å². The van der Waals surface area contributed by atoms with Gasteiger partial charge in [-0.05, 0) is 49.8 Å². The van der Waals surface area contributed by atoms with Crippen LogP contribution in [0.25, 0.3) is 43.4 Å². The second-order valence-corrected chi connectivity index (χ2v) is 25.4. The molecular weight excluding hydrogens is 1240 g/mol. The van der Waals surface area contributed by atoms with Crippen LogP contribution in [-0.2, 0) is 48.1 Å². The van der Waals surface area contributed by atoms with Crippen LogP contribution in [0, 0.1) is 12.8 Å². The Labute approximate surface area is 521 Å². The maximum atomic E-state index is 14.3. The molecule has 0 fully saturated rings. The fourth-order valence-corrected chi connectivity index (χ4v) is 13.9. The van der Waals surface area contributed by atoms with Crippen LogP contribution in [0.15, 0.2) is 64.0 Å². The van der Waals surface area contributed by atoms with Gasteiger partial charge in [0.25, 0.3) is 17.7 Å². The van der Waals surface area contributed by atoms with Crippen LogP contribution in [0.5, 0.6) is 0 Å². The fourth-order valence-electron chi connectivity index (χ4n) is 8.40. The average molecular weight is 1300 g/mol. The number of aliphatic carboxylic acids is 2. The summed E-state index contributed by atoms with van der Waals surface area (Å²) in [5, 5.41) is 39.3. The van der Waals surface area contributed by atoms with Gasteiger partial charge in [-0.2, -0.15) is 0 Å². The normalized spacial score (nSPS) is 11.9. The van der Waals surface area contributed by atoms with Crippen molar-refractivity contribution < 1.29 is 58.0 Å². The number of aryl methyl sites for hydroxylation is 3. The monoisotopic (exact) mass is 1300 g/mol. The van der Waals surface area contributed by atoms with E-state index < -0.39 is 66.2 Å². The summed E-state index contributed by atoms with van der Waals surface area (Å²) in [5.74, 6) is -5.17. The van der Waals surface area contributed by atoms with E-state index in [1.807, 2.05) is 42.8 Å². The molecule has 456 valence electrons. The Morgan fingerprint density at radius 3 is 2.14 bits per heavy atom. The molecule has 8 aromatic rings. The zero-order valence-electron chi connectivity index (χ0n) is 47.4. The average Bonchev–Trinajstić information content (AvgIpc) is 2.90. The summed E-state index contributed by atoms with van der Waals surface area (Å²) in [5.41, 5.74) is 8.92. The van der Waals surface area contributed by atoms with E-state index in [1.165, 1.54) is 70.0 Å². The van der Waals surface area contributed by atoms with Gasteiger partial charge >= 0.3 is 18.0 Å². The molecule has 2 atom stereocenters. The molecule has 0 spiro atoms. The summed E-state index contributed by atoms with van der Waals surface area (Å²) in [6.07, 6.45) is 0.196. The van der Waals surface area contributed by atoms with Crippen LogP contribution in [0.4, 0.5) is 10.6 Å². The number of benzene rings is 1. The van der Waals surface area contributed by atoms with E-state index in [-0.39, 0.29) is 85.7 Å². The lowest BCUT2D eigenvalue weighted by Crippen LogP contribution is -2.34. The Kier molecular flexibility index (Phi) is 22.6. The number of nitrogens with zero attached hydrogens (tertiary/aromatic N) is 8. The highest BCUT2D eigenvalue weighted by molar-refractivity contribution is 7.15. The standard InChI is InChI=1S/C56H59N13O12S6/c1-28(2)44(55-68-47(37(87-55)23-80-5)49(77)59-22-38(57)70)66-50(78)45-29(3)86-54(67-45)33(21-40(71)58-4)62-48(76)35-25-83-51(64-35)31-16-17-32(52-65-39(27-85-52)69(19-9-13-42(72)73)56(79)81-20-10-14-43(74)75)61-46(31)34-24-84-53(63-34)36-26-82-41(60-36)18-15-30-11-7-6-8-12-30/h6-8,11-12,16-17,24-28,33,44H,9-10,13-15,18-23H2,1-5H3,(H2,57,70)(H,58,71)(H,59,77)(H,62,76)(H,66,78)(H,72,73)(H,74,75)/t33-,44?/m0/s1. The minimum Gasteiger partial charge on any atom is -0.481 e. The first-order valence-electron chi connectivity index (χ1n) is 26.9. The quantitative estimate of drug-likeness (QED) is 0.0208. The van der Waals surface area contributed by atoms with E-state index in [1.54, 1.807) is 29.8 Å². The molecule has 8 N–H and O–H groups in total. The number of carbonyl (C=O) groups is 8. The largest absolute Gasteiger partial charge is 0.481 e. The first-order valence-corrected chi connectivity index (χ1v) is 32.0. The zero-order valence-corrected chi connectivity index (χ0v) is 52.3. The number of pyridine rings is 1. The number of carboxylic acid groups (broad SMARTS) is 2. The summed E-state index contributed by atoms with van der Waals surface area (Å²) in [6.45, 7) is 4.83. The number of hydrogen-bond acceptors (Lipinski definition) is 23. The molecule has 25 nitrogen and oxygen atoms in total. The molecule has 1 aromatic carbocycles. The first-order chi connectivity index (χ1) is 41.8. The number of rotatable bonds is 30. The summed E-state index contributed by atoms with van der Waals surface area (Å²) in [4.78, 5) is 138. The van der Waals surface area contributed by atoms with Crippen molar-refractivity contribution in [3.63, 3.8) is 0 Å². The number of anilines is 1. The summed E-state index contributed by atoms with van der Waals surface area (Å²) in [6, 6.07) is 11.9. The number of nitrogens with two attached hydrogens (primary N) is 1. The van der Waals surface area contributed by atoms with E-state index in [4.69, 9.17) is 45.2 Å². The minimum absolute atomic E-state index is 0.00351. The third-order valence-electron chi connectivity index (χ3n) is 12.7. The number of thiazole rings is 6. The predicted molar refractivity (Wildman–Crippen MR) is 330 cm³/mol. The molecule has 0 saturated heterocycles. The van der Waals surface area contributed by atoms with Crippen LogP contribution >= 0.6 is 68.0 Å². The number of hydrogen-bond donors (Lipinski definition) is 7. The van der Waals surface area contributed by atoms with Crippen molar-refractivity contribution in [3.05, 3.63) is 111 Å². The topological polar surface area (TPSA) is 363 Å². The highest BCUT2D eigenvalue weighted by atomic mass is 32.1. The van der Waals surface area contributed by atoms with E-state index in [0.29, 0.717) is 58.1 Å². The van der Waals surface area contributed by atoms with Gasteiger partial charge in [-0.25, -0.2) is 39.7 Å². The molecule has 0 radical (unpaired) electrons. The fraction of sp³-hybridized carbons (Fsp3) is 0.339. The summed E-state index contributed by atoms with van der Waals surface area (Å²) < 4.78 is 10.7. The van der Waals surface area contributed by atoms with Crippen molar-refractivity contribution in [2.45, 2.75) is 84.4 Å². The van der Waals surface area contributed by atoms with Crippen molar-refractivity contribution in [2.24, 2.45) is 11.7 Å². The molecule has 7 aromatic heterocycles. The number of carboxylic acids is 2. The number of aromatic nitrogens is 7. The molecule has 87 heavy (non-hydrogen) atoms. The van der Waals surface area contributed by atoms with Gasteiger partial charge in [0.2, 0.25) is 11.8 Å². The number of amides is 6. The van der Waals surface area contributed by atoms with Crippen LogP contribution in [-0.4, -0.2) is 127 Å². The third-order valence-corrected chi connectivity index (χ3v) is 18.4. The van der Waals surface area contributed by atoms with E-state index in [9.17, 15) is 43.5 Å². The predicted octanol–water partition coefficient (Wildman–Crippen LogP) is 8.35. The Morgan fingerprint density at radius 1 is 0.701 bits per heavy atom. The third kappa shape index (κ3) is 17.2. The van der Waals surface area contributed by atoms with E-state index >= 15 is 0 Å². The van der Waals surface area contributed by atoms with Crippen LogP contribution in [0.2, 0.25) is 0 Å². The lowest BCUT2D eigenvalue weighted by Gasteiger charge is -2.20. The maximum absolute atomic E-state index is 14.3. The SMILES string of the molecule is CNC(=O)C[C@H](NC(=O)c1csc(-c2ccc(-c3nc(N(CCCC(=O)O)C(=O)OCCCC(=O)O)cs3)nc2-c2csc(-c3csc(CCc4ccccc4)n3)n2)n1)c1nc(C(=O)NC(c2nc(C(=O)NCC(N)=O)c(COC)s2)C(C)C)c(C)s1. The van der Waals surface area contributed by atoms with Gasteiger partial charge < -0.3 is 46.7 Å². The molecule has 0 bridgehead atoms. The molecule has 0 saturated carbocycles. The Hall–Kier alpha value is -8.33. The lowest BCUT2D eigenvalue weighted by molar-refractivity contribution is -0.138. The summed E-state index contributed by atoms with van der Waals surface area (Å²) in [7, 11) is 2.91. The second-order valence-electron chi connectivity index (χ2n) is 19.5. The van der Waals surface area contributed by atoms with Gasteiger partial charge in [-0.3, -0.25) is 38.5 Å². The van der Waals surface area contributed by atoms with Crippen molar-refractivity contribution in [1.82, 2.24) is 56.2 Å². The molecule has 6 amide bonds. The van der Waals surface area contributed by atoms with Gasteiger partial charge in [0.15, 0.2) is 0 Å².